The Morgan fingerprint density at radius 3 is 2.56 bits per heavy atom. The van der Waals surface area contributed by atoms with Gasteiger partial charge in [-0.15, -0.1) is 5.10 Å². The number of methoxy groups -OCH3 is 1. The quantitative estimate of drug-likeness (QED) is 0.371. The smallest absolute Gasteiger partial charge is 0.249 e. The highest BCUT2D eigenvalue weighted by Gasteiger charge is 2.33. The van der Waals surface area contributed by atoms with Gasteiger partial charge in [-0.05, 0) is 54.1 Å². The third kappa shape index (κ3) is 5.22. The van der Waals surface area contributed by atoms with Crippen molar-refractivity contribution in [2.75, 3.05) is 25.2 Å². The number of ether oxygens (including phenoxy) is 1. The first-order valence-electron chi connectivity index (χ1n) is 10.6. The minimum absolute atomic E-state index is 0.115. The number of fused-ring (bicyclic) bond motifs is 1. The number of para-hydroxylation sites is 1. The topological polar surface area (TPSA) is 102 Å². The summed E-state index contributed by atoms with van der Waals surface area (Å²) >= 11 is 6.09. The maximum absolute atomic E-state index is 13.8. The zero-order valence-corrected chi connectivity index (χ0v) is 19.2. The summed E-state index contributed by atoms with van der Waals surface area (Å²) in [6.45, 7) is 0.526. The van der Waals surface area contributed by atoms with Crippen LogP contribution in [0.25, 0.3) is 11.0 Å². The highest BCUT2D eigenvalue weighted by Crippen LogP contribution is 2.29. The number of anilines is 1. The molecule has 0 unspecified atom stereocenters. The Kier molecular flexibility index (Phi) is 7.46. The van der Waals surface area contributed by atoms with Crippen LogP contribution in [0.3, 0.4) is 0 Å². The molecule has 174 valence electrons. The lowest BCUT2D eigenvalue weighted by molar-refractivity contribution is -0.127. The lowest BCUT2D eigenvalue weighted by Gasteiger charge is -2.31. The number of rotatable bonds is 9. The molecule has 1 atom stereocenters. The third-order valence-corrected chi connectivity index (χ3v) is 5.46. The lowest BCUT2D eigenvalue weighted by Crippen LogP contribution is -2.46. The van der Waals surface area contributed by atoms with Crippen molar-refractivity contribution < 1.29 is 14.3 Å². The van der Waals surface area contributed by atoms with Crippen molar-refractivity contribution in [2.24, 2.45) is 0 Å². The van der Waals surface area contributed by atoms with E-state index in [0.29, 0.717) is 34.9 Å². The Morgan fingerprint density at radius 2 is 1.82 bits per heavy atom. The minimum atomic E-state index is -0.955. The highest BCUT2D eigenvalue weighted by atomic mass is 35.5. The number of nitrogens with one attached hydrogen (secondary N) is 1. The fraction of sp³-hybridized carbons (Fsp3) is 0.208. The largest absolute Gasteiger partial charge is 0.383 e. The van der Waals surface area contributed by atoms with Crippen molar-refractivity contribution in [2.45, 2.75) is 12.6 Å². The first kappa shape index (κ1) is 23.3. The van der Waals surface area contributed by atoms with Gasteiger partial charge in [-0.2, -0.15) is 0 Å². The van der Waals surface area contributed by atoms with Gasteiger partial charge in [-0.1, -0.05) is 28.9 Å². The Hall–Kier alpha value is -3.82. The lowest BCUT2D eigenvalue weighted by atomic mass is 10.0. The van der Waals surface area contributed by atoms with E-state index in [4.69, 9.17) is 16.3 Å². The Balaban J connectivity index is 1.75. The molecule has 2 aromatic carbocycles. The van der Waals surface area contributed by atoms with E-state index in [9.17, 15) is 9.59 Å². The van der Waals surface area contributed by atoms with Gasteiger partial charge in [0.15, 0.2) is 0 Å². The van der Waals surface area contributed by atoms with Gasteiger partial charge in [0, 0.05) is 36.8 Å². The van der Waals surface area contributed by atoms with Crippen LogP contribution in [-0.4, -0.2) is 52.1 Å². The van der Waals surface area contributed by atoms with Gasteiger partial charge < -0.3 is 10.1 Å². The molecule has 4 aromatic rings. The summed E-state index contributed by atoms with van der Waals surface area (Å²) in [6, 6.07) is 16.6. The van der Waals surface area contributed by atoms with Crippen LogP contribution in [-0.2, 0) is 20.9 Å². The molecule has 0 aliphatic rings. The van der Waals surface area contributed by atoms with Crippen LogP contribution < -0.4 is 10.2 Å². The van der Waals surface area contributed by atoms with Crippen molar-refractivity contribution in [3.05, 3.63) is 83.6 Å². The number of nitrogens with zero attached hydrogens (tertiary/aromatic N) is 5. The van der Waals surface area contributed by atoms with E-state index in [1.807, 2.05) is 24.3 Å². The summed E-state index contributed by atoms with van der Waals surface area (Å²) in [5.74, 6) is -0.698. The predicted octanol–water partition coefficient (Wildman–Crippen LogP) is 3.02. The normalized spacial score (nSPS) is 11.8. The minimum Gasteiger partial charge on any atom is -0.383 e. The van der Waals surface area contributed by atoms with Crippen LogP contribution >= 0.6 is 11.6 Å². The van der Waals surface area contributed by atoms with Crippen LogP contribution in [0.2, 0.25) is 5.02 Å². The summed E-state index contributed by atoms with van der Waals surface area (Å²) in [6.07, 6.45) is 3.17. The van der Waals surface area contributed by atoms with Crippen molar-refractivity contribution >= 4 is 40.1 Å². The van der Waals surface area contributed by atoms with Crippen LogP contribution in [0.4, 0.5) is 5.69 Å². The van der Waals surface area contributed by atoms with Crippen molar-refractivity contribution in [3.63, 3.8) is 0 Å². The molecule has 1 N–H and O–H groups in total. The van der Waals surface area contributed by atoms with Gasteiger partial charge in [0.05, 0.1) is 12.1 Å². The van der Waals surface area contributed by atoms with Crippen molar-refractivity contribution in [1.82, 2.24) is 25.3 Å². The fourth-order valence-corrected chi connectivity index (χ4v) is 3.74. The van der Waals surface area contributed by atoms with Gasteiger partial charge in [-0.3, -0.25) is 19.5 Å². The molecule has 2 heterocycles. The van der Waals surface area contributed by atoms with Gasteiger partial charge in [0.25, 0.3) is 0 Å². The SMILES string of the molecule is COCCNC(=O)[C@@H](c1ccncc1)N(C(=O)Cn1nnc2ccccc21)c1ccc(Cl)cc1. The van der Waals surface area contributed by atoms with E-state index >= 15 is 0 Å². The molecule has 0 aliphatic heterocycles. The molecule has 0 fully saturated rings. The zero-order valence-electron chi connectivity index (χ0n) is 18.5. The number of carbonyl (C=O) groups is 2. The number of carbonyl (C=O) groups excluding carboxylic acids is 2. The molecular weight excluding hydrogens is 456 g/mol. The van der Waals surface area contributed by atoms with Crippen LogP contribution in [0, 0.1) is 0 Å². The second kappa shape index (κ2) is 10.9. The summed E-state index contributed by atoms with van der Waals surface area (Å²) in [5, 5.41) is 11.6. The van der Waals surface area contributed by atoms with Crippen molar-refractivity contribution in [3.8, 4) is 0 Å². The summed E-state index contributed by atoms with van der Waals surface area (Å²) in [7, 11) is 1.55. The number of hydrogen-bond acceptors (Lipinski definition) is 6. The first-order valence-corrected chi connectivity index (χ1v) is 11.0. The highest BCUT2D eigenvalue weighted by molar-refractivity contribution is 6.30. The molecule has 0 aliphatic carbocycles. The average Bonchev–Trinajstić information content (AvgIpc) is 3.26. The Morgan fingerprint density at radius 1 is 1.09 bits per heavy atom. The van der Waals surface area contributed by atoms with Gasteiger partial charge in [0.1, 0.15) is 18.1 Å². The Labute approximate surface area is 201 Å². The third-order valence-electron chi connectivity index (χ3n) is 5.21. The van der Waals surface area contributed by atoms with Gasteiger partial charge >= 0.3 is 0 Å². The number of halogens is 1. The van der Waals surface area contributed by atoms with Crippen LogP contribution in [0.15, 0.2) is 73.1 Å². The summed E-state index contributed by atoms with van der Waals surface area (Å²) < 4.78 is 6.58. The van der Waals surface area contributed by atoms with E-state index in [0.717, 1.165) is 5.52 Å². The van der Waals surface area contributed by atoms with E-state index < -0.39 is 6.04 Å². The molecule has 0 spiro atoms. The average molecular weight is 479 g/mol. The molecule has 34 heavy (non-hydrogen) atoms. The molecule has 0 saturated heterocycles. The molecule has 2 aromatic heterocycles. The van der Waals surface area contributed by atoms with E-state index in [2.05, 4.69) is 20.6 Å². The number of pyridine rings is 1. The maximum Gasteiger partial charge on any atom is 0.249 e. The molecule has 0 saturated carbocycles. The Bertz CT molecular complexity index is 1260. The second-order valence-corrected chi connectivity index (χ2v) is 7.88. The molecule has 4 rings (SSSR count). The van der Waals surface area contributed by atoms with Gasteiger partial charge in [-0.25, -0.2) is 4.68 Å². The number of amides is 2. The van der Waals surface area contributed by atoms with E-state index in [-0.39, 0.29) is 18.4 Å². The molecular formula is C24H23ClN6O3. The van der Waals surface area contributed by atoms with Crippen molar-refractivity contribution in [1.29, 1.82) is 0 Å². The molecule has 10 heteroatoms. The maximum atomic E-state index is 13.8. The summed E-state index contributed by atoms with van der Waals surface area (Å²) in [5.41, 5.74) is 2.52. The number of hydrogen-bond donors (Lipinski definition) is 1. The zero-order chi connectivity index (χ0) is 23.9. The monoisotopic (exact) mass is 478 g/mol. The van der Waals surface area contributed by atoms with E-state index in [1.165, 1.54) is 9.58 Å². The molecule has 2 amide bonds. The van der Waals surface area contributed by atoms with Crippen LogP contribution in [0.5, 0.6) is 0 Å². The number of aromatic nitrogens is 4. The van der Waals surface area contributed by atoms with E-state index in [1.54, 1.807) is 55.9 Å². The fourth-order valence-electron chi connectivity index (χ4n) is 3.61. The first-order chi connectivity index (χ1) is 16.6. The number of benzene rings is 2. The molecule has 0 bridgehead atoms. The molecule has 9 nitrogen and oxygen atoms in total. The second-order valence-electron chi connectivity index (χ2n) is 7.44. The van der Waals surface area contributed by atoms with Gasteiger partial charge in [0.2, 0.25) is 11.8 Å². The predicted molar refractivity (Wildman–Crippen MR) is 128 cm³/mol. The summed E-state index contributed by atoms with van der Waals surface area (Å²) in [4.78, 5) is 32.7. The van der Waals surface area contributed by atoms with Crippen LogP contribution in [0.1, 0.15) is 11.6 Å². The standard InChI is InChI=1S/C24H23ClN6O3/c1-34-15-14-27-24(33)23(17-10-12-26-13-11-17)31(19-8-6-18(25)7-9-19)22(32)16-30-21-5-3-2-4-20(21)28-29-30/h2-13,23H,14-16H2,1H3,(H,27,33)/t23-/m1/s1. The molecule has 0 radical (unpaired) electrons.